The van der Waals surface area contributed by atoms with Crippen molar-refractivity contribution in [2.75, 3.05) is 0 Å². The lowest BCUT2D eigenvalue weighted by Gasteiger charge is -2.10. The molecule has 0 bridgehead atoms. The summed E-state index contributed by atoms with van der Waals surface area (Å²) in [6.07, 6.45) is 6.60. The molecule has 0 amide bonds. The lowest BCUT2D eigenvalue weighted by atomic mass is 10.1. The summed E-state index contributed by atoms with van der Waals surface area (Å²) in [5, 5.41) is 0. The fourth-order valence-corrected chi connectivity index (χ4v) is 1.96. The molecule has 3 heteroatoms. The maximum absolute atomic E-state index is 12.0. The smallest absolute Gasteiger partial charge is 0.256 e. The predicted octanol–water partition coefficient (Wildman–Crippen LogP) is 2.25. The van der Waals surface area contributed by atoms with Gasteiger partial charge >= 0.3 is 0 Å². The van der Waals surface area contributed by atoms with Crippen LogP contribution in [-0.4, -0.2) is 9.55 Å². The molecule has 2 rings (SSSR count). The molecule has 1 aromatic rings. The van der Waals surface area contributed by atoms with Gasteiger partial charge in [-0.3, -0.25) is 9.36 Å². The SMILES string of the molecule is CC(C)c1cnc(CCC2CC2)n(C)c1=O. The Balaban J connectivity index is 2.19. The van der Waals surface area contributed by atoms with E-state index in [1.807, 2.05) is 20.9 Å². The molecule has 0 saturated heterocycles. The van der Waals surface area contributed by atoms with Crippen molar-refractivity contribution in [3.05, 3.63) is 27.9 Å². The summed E-state index contributed by atoms with van der Waals surface area (Å²) in [7, 11) is 1.84. The summed E-state index contributed by atoms with van der Waals surface area (Å²) in [5.74, 6) is 2.08. The van der Waals surface area contributed by atoms with Crippen molar-refractivity contribution in [3.8, 4) is 0 Å². The van der Waals surface area contributed by atoms with Crippen LogP contribution in [0.2, 0.25) is 0 Å². The van der Waals surface area contributed by atoms with E-state index in [-0.39, 0.29) is 11.5 Å². The van der Waals surface area contributed by atoms with Gasteiger partial charge in [-0.1, -0.05) is 26.7 Å². The highest BCUT2D eigenvalue weighted by Gasteiger charge is 2.21. The maximum Gasteiger partial charge on any atom is 0.256 e. The first-order valence-corrected chi connectivity index (χ1v) is 6.14. The molecule has 1 aliphatic carbocycles. The van der Waals surface area contributed by atoms with Gasteiger partial charge in [0.1, 0.15) is 5.82 Å². The highest BCUT2D eigenvalue weighted by atomic mass is 16.1. The van der Waals surface area contributed by atoms with Gasteiger partial charge in [0.25, 0.3) is 5.56 Å². The third-order valence-corrected chi connectivity index (χ3v) is 3.39. The normalized spacial score (nSPS) is 15.8. The summed E-state index contributed by atoms with van der Waals surface area (Å²) in [6, 6.07) is 0. The zero-order chi connectivity index (χ0) is 11.7. The molecule has 16 heavy (non-hydrogen) atoms. The quantitative estimate of drug-likeness (QED) is 0.780. The van der Waals surface area contributed by atoms with Crippen molar-refractivity contribution >= 4 is 0 Å². The Bertz CT molecular complexity index is 430. The topological polar surface area (TPSA) is 34.9 Å². The molecule has 1 aromatic heterocycles. The van der Waals surface area contributed by atoms with Crippen LogP contribution in [0.3, 0.4) is 0 Å². The average molecular weight is 220 g/mol. The third kappa shape index (κ3) is 2.34. The zero-order valence-corrected chi connectivity index (χ0v) is 10.4. The van der Waals surface area contributed by atoms with Crippen LogP contribution in [0.15, 0.2) is 11.0 Å². The van der Waals surface area contributed by atoms with Crippen molar-refractivity contribution in [1.29, 1.82) is 0 Å². The molecule has 1 fully saturated rings. The van der Waals surface area contributed by atoms with Crippen LogP contribution < -0.4 is 5.56 Å². The molecule has 0 radical (unpaired) electrons. The minimum Gasteiger partial charge on any atom is -0.300 e. The van der Waals surface area contributed by atoms with E-state index in [0.717, 1.165) is 23.7 Å². The Morgan fingerprint density at radius 2 is 2.19 bits per heavy atom. The van der Waals surface area contributed by atoms with Gasteiger partial charge in [-0.2, -0.15) is 0 Å². The van der Waals surface area contributed by atoms with Crippen molar-refractivity contribution in [2.24, 2.45) is 13.0 Å². The van der Waals surface area contributed by atoms with Crippen LogP contribution >= 0.6 is 0 Å². The summed E-state index contributed by atoms with van der Waals surface area (Å²) >= 11 is 0. The highest BCUT2D eigenvalue weighted by Crippen LogP contribution is 2.33. The van der Waals surface area contributed by atoms with E-state index in [2.05, 4.69) is 4.98 Å². The molecule has 1 heterocycles. The largest absolute Gasteiger partial charge is 0.300 e. The summed E-state index contributed by atoms with van der Waals surface area (Å²) in [5.41, 5.74) is 0.938. The van der Waals surface area contributed by atoms with Gasteiger partial charge in [-0.15, -0.1) is 0 Å². The van der Waals surface area contributed by atoms with Gasteiger partial charge in [0.05, 0.1) is 0 Å². The van der Waals surface area contributed by atoms with Crippen molar-refractivity contribution in [1.82, 2.24) is 9.55 Å². The molecule has 3 nitrogen and oxygen atoms in total. The standard InChI is InChI=1S/C13H20N2O/c1-9(2)11-8-14-12(15(3)13(11)16)7-6-10-4-5-10/h8-10H,4-7H2,1-3H3. The van der Waals surface area contributed by atoms with E-state index in [1.54, 1.807) is 10.8 Å². The Morgan fingerprint density at radius 1 is 1.50 bits per heavy atom. The molecule has 0 aliphatic heterocycles. The number of hydrogen-bond acceptors (Lipinski definition) is 2. The minimum absolute atomic E-state index is 0.121. The monoisotopic (exact) mass is 220 g/mol. The van der Waals surface area contributed by atoms with Gasteiger partial charge in [-0.05, 0) is 18.3 Å². The molecule has 0 unspecified atom stereocenters. The Morgan fingerprint density at radius 3 is 2.75 bits per heavy atom. The van der Waals surface area contributed by atoms with Crippen molar-refractivity contribution in [3.63, 3.8) is 0 Å². The van der Waals surface area contributed by atoms with Crippen LogP contribution in [0, 0.1) is 5.92 Å². The lowest BCUT2D eigenvalue weighted by molar-refractivity contribution is 0.634. The van der Waals surface area contributed by atoms with E-state index < -0.39 is 0 Å². The third-order valence-electron chi connectivity index (χ3n) is 3.39. The second-order valence-corrected chi connectivity index (χ2v) is 5.13. The van der Waals surface area contributed by atoms with Crippen molar-refractivity contribution in [2.45, 2.75) is 45.4 Å². The zero-order valence-electron chi connectivity index (χ0n) is 10.4. The lowest BCUT2D eigenvalue weighted by Crippen LogP contribution is -2.26. The fourth-order valence-electron chi connectivity index (χ4n) is 1.96. The Labute approximate surface area is 96.5 Å². The van der Waals surface area contributed by atoms with Gasteiger partial charge in [0, 0.05) is 25.2 Å². The van der Waals surface area contributed by atoms with Gasteiger partial charge in [0.15, 0.2) is 0 Å². The van der Waals surface area contributed by atoms with Gasteiger partial charge in [-0.25, -0.2) is 4.98 Å². The number of nitrogens with zero attached hydrogens (tertiary/aromatic N) is 2. The summed E-state index contributed by atoms with van der Waals surface area (Å²) in [6.45, 7) is 4.06. The fraction of sp³-hybridized carbons (Fsp3) is 0.692. The number of aryl methyl sites for hydroxylation is 1. The molecule has 0 spiro atoms. The van der Waals surface area contributed by atoms with Crippen LogP contribution in [0.5, 0.6) is 0 Å². The maximum atomic E-state index is 12.0. The van der Waals surface area contributed by atoms with Crippen LogP contribution in [0.1, 0.15) is 50.4 Å². The first kappa shape index (κ1) is 11.4. The number of aromatic nitrogens is 2. The first-order valence-electron chi connectivity index (χ1n) is 6.14. The summed E-state index contributed by atoms with van der Waals surface area (Å²) < 4.78 is 1.72. The van der Waals surface area contributed by atoms with Crippen LogP contribution in [0.4, 0.5) is 0 Å². The molecule has 1 saturated carbocycles. The summed E-state index contributed by atoms with van der Waals surface area (Å²) in [4.78, 5) is 16.4. The van der Waals surface area contributed by atoms with Gasteiger partial charge in [0.2, 0.25) is 0 Å². The minimum atomic E-state index is 0.121. The second-order valence-electron chi connectivity index (χ2n) is 5.13. The second kappa shape index (κ2) is 4.40. The van der Waals surface area contributed by atoms with Crippen LogP contribution in [-0.2, 0) is 13.5 Å². The molecule has 1 aliphatic rings. The predicted molar refractivity (Wildman–Crippen MR) is 64.6 cm³/mol. The van der Waals surface area contributed by atoms with E-state index in [4.69, 9.17) is 0 Å². The number of hydrogen-bond donors (Lipinski definition) is 0. The average Bonchev–Trinajstić information content (AvgIpc) is 3.03. The van der Waals surface area contributed by atoms with Gasteiger partial charge < -0.3 is 0 Å². The van der Waals surface area contributed by atoms with E-state index in [0.29, 0.717) is 0 Å². The first-order chi connectivity index (χ1) is 7.59. The van der Waals surface area contributed by atoms with E-state index >= 15 is 0 Å². The van der Waals surface area contributed by atoms with E-state index in [9.17, 15) is 4.79 Å². The van der Waals surface area contributed by atoms with Crippen LogP contribution in [0.25, 0.3) is 0 Å². The molecule has 0 atom stereocenters. The Kier molecular flexibility index (Phi) is 3.13. The molecular formula is C13H20N2O. The molecule has 0 N–H and O–H groups in total. The number of rotatable bonds is 4. The van der Waals surface area contributed by atoms with Crippen molar-refractivity contribution < 1.29 is 0 Å². The Hall–Kier alpha value is -1.12. The molecule has 88 valence electrons. The molecular weight excluding hydrogens is 200 g/mol. The van der Waals surface area contributed by atoms with E-state index in [1.165, 1.54) is 19.3 Å². The highest BCUT2D eigenvalue weighted by molar-refractivity contribution is 5.11. The molecule has 0 aromatic carbocycles.